The number of pyridine rings is 1. The fourth-order valence-corrected chi connectivity index (χ4v) is 7.88. The zero-order valence-corrected chi connectivity index (χ0v) is 27.4. The van der Waals surface area contributed by atoms with Gasteiger partial charge in [0.15, 0.2) is 0 Å². The van der Waals surface area contributed by atoms with E-state index in [1.807, 2.05) is 16.7 Å². The van der Waals surface area contributed by atoms with Crippen molar-refractivity contribution >= 4 is 49.9 Å². The molecule has 1 amide bonds. The largest absolute Gasteiger partial charge is 0.393 e. The molecule has 4 aromatic heterocycles. The molecule has 7 rings (SSSR count). The summed E-state index contributed by atoms with van der Waals surface area (Å²) in [5, 5.41) is 28.7. The number of halogens is 3. The predicted octanol–water partition coefficient (Wildman–Crippen LogP) is 6.23. The number of aromatic nitrogens is 4. The van der Waals surface area contributed by atoms with E-state index in [1.165, 1.54) is 12.4 Å². The standard InChI is InChI=1S/C35H33F3N8O2S/c1-3-29(47)43-22-5-6-27(40-16-22)30-31(32(30)48)46-23(15-39)12-25-19(2)20(4-7-28(25)46)17-45-10-8-21(9-11-45)44-33-26-13-24(14-35(36,37)38)49-34(26)42-18-41-33/h3-7,12-13,16,18,21,30-32,48H,1,8-11,14,17H2,2H3,(H,43,47)(H,41,42,44). The highest BCUT2D eigenvalue weighted by molar-refractivity contribution is 7.18. The second kappa shape index (κ2) is 12.9. The number of nitrogens with one attached hydrogen (secondary N) is 2. The van der Waals surface area contributed by atoms with Crippen molar-refractivity contribution in [2.45, 2.75) is 63.0 Å². The van der Waals surface area contributed by atoms with Crippen molar-refractivity contribution in [2.75, 3.05) is 23.7 Å². The highest BCUT2D eigenvalue weighted by atomic mass is 32.1. The van der Waals surface area contributed by atoms with Gasteiger partial charge in [0.1, 0.15) is 28.7 Å². The molecule has 5 heterocycles. The number of carbonyl (C=O) groups excluding carboxylic acids is 1. The first kappa shape index (κ1) is 32.7. The Morgan fingerprint density at radius 2 is 1.96 bits per heavy atom. The van der Waals surface area contributed by atoms with Gasteiger partial charge in [0.05, 0.1) is 41.8 Å². The summed E-state index contributed by atoms with van der Waals surface area (Å²) in [7, 11) is 0. The van der Waals surface area contributed by atoms with Gasteiger partial charge in [0.2, 0.25) is 5.91 Å². The lowest BCUT2D eigenvalue weighted by molar-refractivity contribution is -0.126. The lowest BCUT2D eigenvalue weighted by Crippen LogP contribution is -2.39. The molecule has 49 heavy (non-hydrogen) atoms. The number of nitriles is 1. The van der Waals surface area contributed by atoms with Crippen LogP contribution in [0, 0.1) is 18.3 Å². The smallest absolute Gasteiger partial charge is 0.390 e. The Bertz CT molecular complexity index is 2090. The number of piperidine rings is 1. The van der Waals surface area contributed by atoms with Gasteiger partial charge in [-0.05, 0) is 67.3 Å². The second-order valence-corrected chi connectivity index (χ2v) is 13.7. The number of hydrogen-bond acceptors (Lipinski definition) is 9. The van der Waals surface area contributed by atoms with Crippen LogP contribution in [0.5, 0.6) is 0 Å². The Morgan fingerprint density at radius 3 is 2.65 bits per heavy atom. The number of amides is 1. The molecule has 1 aromatic carbocycles. The molecule has 0 spiro atoms. The summed E-state index contributed by atoms with van der Waals surface area (Å²) in [5.74, 6) is -0.0563. The van der Waals surface area contributed by atoms with E-state index in [0.29, 0.717) is 33.1 Å². The maximum atomic E-state index is 13.0. The Kier molecular flexibility index (Phi) is 8.60. The Balaban J connectivity index is 1.02. The number of anilines is 2. The number of hydrogen-bond donors (Lipinski definition) is 3. The summed E-state index contributed by atoms with van der Waals surface area (Å²) in [6.45, 7) is 7.90. The molecule has 1 aliphatic carbocycles. The predicted molar refractivity (Wildman–Crippen MR) is 181 cm³/mol. The van der Waals surface area contributed by atoms with Crippen LogP contribution in [0.3, 0.4) is 0 Å². The van der Waals surface area contributed by atoms with Gasteiger partial charge in [0, 0.05) is 47.2 Å². The van der Waals surface area contributed by atoms with Gasteiger partial charge in [-0.2, -0.15) is 18.4 Å². The highest BCUT2D eigenvalue weighted by Gasteiger charge is 2.53. The monoisotopic (exact) mass is 686 g/mol. The van der Waals surface area contributed by atoms with E-state index in [2.05, 4.69) is 56.1 Å². The van der Waals surface area contributed by atoms with Crippen molar-refractivity contribution in [2.24, 2.45) is 0 Å². The van der Waals surface area contributed by atoms with Crippen molar-refractivity contribution in [3.63, 3.8) is 0 Å². The molecule has 14 heteroatoms. The number of aliphatic hydroxyl groups is 1. The minimum atomic E-state index is -4.28. The number of carbonyl (C=O) groups is 1. The van der Waals surface area contributed by atoms with Gasteiger partial charge >= 0.3 is 6.18 Å². The van der Waals surface area contributed by atoms with Crippen LogP contribution in [-0.2, 0) is 17.8 Å². The molecule has 2 aliphatic rings. The van der Waals surface area contributed by atoms with E-state index in [9.17, 15) is 28.3 Å². The van der Waals surface area contributed by atoms with E-state index >= 15 is 0 Å². The number of benzene rings is 1. The zero-order valence-electron chi connectivity index (χ0n) is 26.5. The first-order valence-corrected chi connectivity index (χ1v) is 16.7. The van der Waals surface area contributed by atoms with Crippen LogP contribution in [0.15, 0.2) is 61.6 Å². The molecule has 0 radical (unpaired) electrons. The van der Waals surface area contributed by atoms with E-state index < -0.39 is 18.7 Å². The van der Waals surface area contributed by atoms with Crippen molar-refractivity contribution in [1.82, 2.24) is 24.4 Å². The molecule has 252 valence electrons. The molecular formula is C35H33F3N8O2S. The number of fused-ring (bicyclic) bond motifs is 2. The van der Waals surface area contributed by atoms with Gasteiger partial charge in [-0.25, -0.2) is 9.97 Å². The summed E-state index contributed by atoms with van der Waals surface area (Å²) in [6.07, 6.45) is -0.157. The zero-order chi connectivity index (χ0) is 34.4. The highest BCUT2D eigenvalue weighted by Crippen LogP contribution is 2.53. The van der Waals surface area contributed by atoms with Crippen molar-refractivity contribution < 1.29 is 23.1 Å². The second-order valence-electron chi connectivity index (χ2n) is 12.6. The van der Waals surface area contributed by atoms with Crippen LogP contribution < -0.4 is 10.6 Å². The molecule has 1 aliphatic heterocycles. The van der Waals surface area contributed by atoms with E-state index in [1.54, 1.807) is 24.4 Å². The average Bonchev–Trinajstić information content (AvgIpc) is 3.37. The topological polar surface area (TPSA) is 132 Å². The number of aryl methyl sites for hydroxylation is 1. The van der Waals surface area contributed by atoms with Gasteiger partial charge in [-0.3, -0.25) is 14.7 Å². The van der Waals surface area contributed by atoms with Crippen LogP contribution in [0.1, 0.15) is 52.2 Å². The van der Waals surface area contributed by atoms with Crippen LogP contribution in [0.25, 0.3) is 21.1 Å². The van der Waals surface area contributed by atoms with E-state index in [0.717, 1.165) is 65.8 Å². The molecule has 3 unspecified atom stereocenters. The SMILES string of the molecule is C=CC(=O)Nc1ccc(C2C(O)C2n2c(C#N)cc3c(C)c(CN4CCC(Nc5ncnc6sc(CC(F)(F)F)cc56)CC4)ccc32)nc1. The average molecular weight is 687 g/mol. The first-order chi connectivity index (χ1) is 23.5. The van der Waals surface area contributed by atoms with Crippen LogP contribution in [0.4, 0.5) is 24.7 Å². The fraction of sp³-hybridized carbons (Fsp3) is 0.343. The minimum Gasteiger partial charge on any atom is -0.390 e. The summed E-state index contributed by atoms with van der Waals surface area (Å²) >= 11 is 1.05. The molecular weight excluding hydrogens is 654 g/mol. The number of nitrogens with zero attached hydrogens (tertiary/aromatic N) is 6. The molecule has 3 atom stereocenters. The molecule has 0 bridgehead atoms. The maximum absolute atomic E-state index is 13.0. The van der Waals surface area contributed by atoms with Gasteiger partial charge in [-0.1, -0.05) is 12.6 Å². The molecule has 3 N–H and O–H groups in total. The third-order valence-electron chi connectivity index (χ3n) is 9.42. The fourth-order valence-electron chi connectivity index (χ4n) is 6.85. The third-order valence-corrected chi connectivity index (χ3v) is 10.5. The van der Waals surface area contributed by atoms with E-state index in [-0.39, 0.29) is 28.8 Å². The number of thiophene rings is 1. The van der Waals surface area contributed by atoms with Gasteiger partial charge in [-0.15, -0.1) is 11.3 Å². The molecule has 5 aromatic rings. The summed E-state index contributed by atoms with van der Waals surface area (Å²) in [5.41, 5.74) is 4.79. The van der Waals surface area contributed by atoms with Crippen LogP contribution in [0.2, 0.25) is 0 Å². The molecule has 1 saturated carbocycles. The summed E-state index contributed by atoms with van der Waals surface area (Å²) in [4.78, 5) is 27.7. The molecule has 1 saturated heterocycles. The Morgan fingerprint density at radius 1 is 1.16 bits per heavy atom. The van der Waals surface area contributed by atoms with Crippen LogP contribution >= 0.6 is 11.3 Å². The number of aliphatic hydroxyl groups excluding tert-OH is 1. The van der Waals surface area contributed by atoms with Crippen molar-refractivity contribution in [1.29, 1.82) is 5.26 Å². The van der Waals surface area contributed by atoms with Crippen molar-refractivity contribution in [3.05, 3.63) is 89.0 Å². The molecule has 2 fully saturated rings. The third kappa shape index (κ3) is 6.61. The Labute approximate surface area is 283 Å². The lowest BCUT2D eigenvalue weighted by atomic mass is 10.0. The normalized spacial score (nSPS) is 20.0. The quantitative estimate of drug-likeness (QED) is 0.156. The first-order valence-electron chi connectivity index (χ1n) is 15.9. The van der Waals surface area contributed by atoms with Gasteiger partial charge in [0.25, 0.3) is 0 Å². The van der Waals surface area contributed by atoms with Gasteiger partial charge < -0.3 is 20.3 Å². The van der Waals surface area contributed by atoms with Crippen LogP contribution in [-0.4, -0.2) is 66.8 Å². The number of likely N-dealkylation sites (tertiary alicyclic amines) is 1. The number of alkyl halides is 3. The minimum absolute atomic E-state index is 0.130. The molecule has 10 nitrogen and oxygen atoms in total. The Hall–Kier alpha value is -4.84. The summed E-state index contributed by atoms with van der Waals surface area (Å²) < 4.78 is 40.8. The van der Waals surface area contributed by atoms with E-state index in [4.69, 9.17) is 0 Å². The summed E-state index contributed by atoms with van der Waals surface area (Å²) in [6, 6.07) is 13.1. The lowest BCUT2D eigenvalue weighted by Gasteiger charge is -2.33. The number of rotatable bonds is 9. The maximum Gasteiger partial charge on any atom is 0.393 e. The van der Waals surface area contributed by atoms with Crippen molar-refractivity contribution in [3.8, 4) is 6.07 Å².